The van der Waals surface area contributed by atoms with E-state index in [1.807, 2.05) is 6.08 Å². The fourth-order valence-corrected chi connectivity index (χ4v) is 2.11. The molecule has 1 aliphatic heterocycles. The van der Waals surface area contributed by atoms with E-state index in [1.54, 1.807) is 29.5 Å². The Morgan fingerprint density at radius 3 is 3.25 bits per heavy atom. The fraction of sp³-hybridized carbons (Fsp3) is 0.250. The number of carboxylic acids is 1. The normalized spacial score (nSPS) is 31.5. The number of carboxylic acid groups (broad SMARTS) is 1. The number of thioether (sulfide) groups is 1. The van der Waals surface area contributed by atoms with Crippen molar-refractivity contribution in [1.29, 1.82) is 0 Å². The second-order valence-corrected chi connectivity index (χ2v) is 3.66. The molecule has 0 aromatic rings. The van der Waals surface area contributed by atoms with Crippen LogP contribution in [-0.4, -0.2) is 27.9 Å². The molecular weight excluding hydrogens is 174 g/mol. The van der Waals surface area contributed by atoms with E-state index >= 15 is 0 Å². The van der Waals surface area contributed by atoms with E-state index in [9.17, 15) is 4.79 Å². The molecule has 2 atom stereocenters. The van der Waals surface area contributed by atoms with Gasteiger partial charge in [0.25, 0.3) is 0 Å². The molecule has 0 amide bonds. The molecule has 0 spiro atoms. The highest BCUT2D eigenvalue weighted by atomic mass is 32.2. The standard InChI is InChI=1S/C8H7NO2S/c10-8(11)5-1-2-6-7(3-5)12-4-9-6/h1-4,6-7H,(H,10,11). The molecule has 12 heavy (non-hydrogen) atoms. The summed E-state index contributed by atoms with van der Waals surface area (Å²) in [6.07, 6.45) is 5.21. The minimum absolute atomic E-state index is 0.151. The molecule has 0 saturated heterocycles. The number of hydrogen-bond donors (Lipinski definition) is 1. The van der Waals surface area contributed by atoms with Gasteiger partial charge in [-0.1, -0.05) is 12.2 Å². The van der Waals surface area contributed by atoms with Crippen molar-refractivity contribution >= 4 is 23.3 Å². The summed E-state index contributed by atoms with van der Waals surface area (Å²) >= 11 is 1.56. The largest absolute Gasteiger partial charge is 0.478 e. The highest BCUT2D eigenvalue weighted by Crippen LogP contribution is 2.28. The molecule has 0 radical (unpaired) electrons. The molecule has 2 aliphatic rings. The van der Waals surface area contributed by atoms with Gasteiger partial charge in [-0.3, -0.25) is 4.99 Å². The summed E-state index contributed by atoms with van der Waals surface area (Å²) in [7, 11) is 0. The zero-order valence-electron chi connectivity index (χ0n) is 6.18. The van der Waals surface area contributed by atoms with Crippen LogP contribution in [0.4, 0.5) is 0 Å². The Morgan fingerprint density at radius 2 is 2.50 bits per heavy atom. The number of hydrogen-bond acceptors (Lipinski definition) is 3. The molecule has 3 nitrogen and oxygen atoms in total. The van der Waals surface area contributed by atoms with Crippen LogP contribution < -0.4 is 0 Å². The molecule has 2 rings (SSSR count). The van der Waals surface area contributed by atoms with Gasteiger partial charge in [-0.2, -0.15) is 0 Å². The van der Waals surface area contributed by atoms with Gasteiger partial charge >= 0.3 is 5.97 Å². The lowest BCUT2D eigenvalue weighted by atomic mass is 10.0. The minimum atomic E-state index is -0.864. The first-order chi connectivity index (χ1) is 5.77. The van der Waals surface area contributed by atoms with Crippen LogP contribution in [0.5, 0.6) is 0 Å². The maximum atomic E-state index is 10.6. The zero-order chi connectivity index (χ0) is 8.55. The van der Waals surface area contributed by atoms with E-state index in [-0.39, 0.29) is 11.3 Å². The molecule has 0 saturated carbocycles. The Balaban J connectivity index is 2.23. The predicted octanol–water partition coefficient (Wildman–Crippen LogP) is 1.08. The lowest BCUT2D eigenvalue weighted by Crippen LogP contribution is -2.18. The van der Waals surface area contributed by atoms with Gasteiger partial charge in [0, 0.05) is 0 Å². The molecule has 1 aliphatic carbocycles. The highest BCUT2D eigenvalue weighted by Gasteiger charge is 2.25. The van der Waals surface area contributed by atoms with Gasteiger partial charge in [0.05, 0.1) is 22.4 Å². The van der Waals surface area contributed by atoms with Crippen LogP contribution in [0.2, 0.25) is 0 Å². The third-order valence-electron chi connectivity index (χ3n) is 1.85. The van der Waals surface area contributed by atoms with Crippen LogP contribution in [-0.2, 0) is 4.79 Å². The quantitative estimate of drug-likeness (QED) is 0.658. The van der Waals surface area contributed by atoms with Gasteiger partial charge in [-0.05, 0) is 6.08 Å². The van der Waals surface area contributed by atoms with Crippen molar-refractivity contribution in [3.63, 3.8) is 0 Å². The molecule has 0 bridgehead atoms. The maximum Gasteiger partial charge on any atom is 0.335 e. The van der Waals surface area contributed by atoms with Crippen molar-refractivity contribution in [2.45, 2.75) is 11.3 Å². The third-order valence-corrected chi connectivity index (χ3v) is 2.82. The van der Waals surface area contributed by atoms with Gasteiger partial charge in [0.2, 0.25) is 0 Å². The lowest BCUT2D eigenvalue weighted by molar-refractivity contribution is -0.132. The van der Waals surface area contributed by atoms with Gasteiger partial charge in [0.1, 0.15) is 0 Å². The lowest BCUT2D eigenvalue weighted by Gasteiger charge is -2.14. The van der Waals surface area contributed by atoms with Crippen molar-refractivity contribution in [3.05, 3.63) is 23.8 Å². The van der Waals surface area contributed by atoms with Gasteiger partial charge in [-0.25, -0.2) is 4.79 Å². The fourth-order valence-electron chi connectivity index (χ4n) is 1.22. The second-order valence-electron chi connectivity index (χ2n) is 2.63. The number of aliphatic imine (C=N–C) groups is 1. The number of aliphatic carboxylic acids is 1. The van der Waals surface area contributed by atoms with E-state index < -0.39 is 5.97 Å². The first kappa shape index (κ1) is 7.61. The smallest absolute Gasteiger partial charge is 0.335 e. The van der Waals surface area contributed by atoms with Crippen LogP contribution in [0.3, 0.4) is 0 Å². The summed E-state index contributed by atoms with van der Waals surface area (Å²) in [4.78, 5) is 14.7. The van der Waals surface area contributed by atoms with Gasteiger partial charge in [-0.15, -0.1) is 11.8 Å². The molecule has 1 heterocycles. The Bertz CT molecular complexity index is 306. The van der Waals surface area contributed by atoms with Crippen LogP contribution >= 0.6 is 11.8 Å². The molecule has 0 fully saturated rings. The Hall–Kier alpha value is -1.03. The van der Waals surface area contributed by atoms with Crippen molar-refractivity contribution in [3.8, 4) is 0 Å². The van der Waals surface area contributed by atoms with E-state index in [0.717, 1.165) is 0 Å². The van der Waals surface area contributed by atoms with Crippen LogP contribution in [0.15, 0.2) is 28.8 Å². The Morgan fingerprint density at radius 1 is 1.67 bits per heavy atom. The average molecular weight is 181 g/mol. The third kappa shape index (κ3) is 1.18. The molecule has 62 valence electrons. The number of rotatable bonds is 1. The highest BCUT2D eigenvalue weighted by molar-refractivity contribution is 8.13. The van der Waals surface area contributed by atoms with Crippen molar-refractivity contribution in [1.82, 2.24) is 0 Å². The molecule has 2 unspecified atom stereocenters. The van der Waals surface area contributed by atoms with Crippen molar-refractivity contribution < 1.29 is 9.90 Å². The predicted molar refractivity (Wildman–Crippen MR) is 48.5 cm³/mol. The summed E-state index contributed by atoms with van der Waals surface area (Å²) < 4.78 is 0. The maximum absolute atomic E-state index is 10.6. The topological polar surface area (TPSA) is 49.7 Å². The SMILES string of the molecule is O=C(O)C1=CC2SC=NC2C=C1. The van der Waals surface area contributed by atoms with Crippen molar-refractivity contribution in [2.24, 2.45) is 4.99 Å². The van der Waals surface area contributed by atoms with Gasteiger partial charge in [0.15, 0.2) is 0 Å². The summed E-state index contributed by atoms with van der Waals surface area (Å²) in [5.74, 6) is -0.864. The van der Waals surface area contributed by atoms with Crippen LogP contribution in [0.1, 0.15) is 0 Å². The van der Waals surface area contributed by atoms with Crippen molar-refractivity contribution in [2.75, 3.05) is 0 Å². The Kier molecular flexibility index (Phi) is 1.77. The zero-order valence-corrected chi connectivity index (χ0v) is 6.99. The van der Waals surface area contributed by atoms with E-state index in [0.29, 0.717) is 5.57 Å². The number of carbonyl (C=O) groups is 1. The summed E-state index contributed by atoms with van der Waals surface area (Å²) in [6, 6.07) is 0.151. The molecule has 0 aromatic heterocycles. The van der Waals surface area contributed by atoms with Gasteiger partial charge < -0.3 is 5.11 Å². The first-order valence-corrected chi connectivity index (χ1v) is 4.52. The monoisotopic (exact) mass is 181 g/mol. The second kappa shape index (κ2) is 2.79. The molecular formula is C8H7NO2S. The van der Waals surface area contributed by atoms with E-state index in [4.69, 9.17) is 5.11 Å². The average Bonchev–Trinajstić information content (AvgIpc) is 2.49. The van der Waals surface area contributed by atoms with Crippen LogP contribution in [0, 0.1) is 0 Å². The first-order valence-electron chi connectivity index (χ1n) is 3.58. The molecule has 0 aromatic carbocycles. The molecule has 4 heteroatoms. The summed E-state index contributed by atoms with van der Waals surface area (Å²) in [5.41, 5.74) is 2.15. The number of fused-ring (bicyclic) bond motifs is 1. The minimum Gasteiger partial charge on any atom is -0.478 e. The molecule has 1 N–H and O–H groups in total. The van der Waals surface area contributed by atoms with E-state index in [1.165, 1.54) is 0 Å². The summed E-state index contributed by atoms with van der Waals surface area (Å²) in [5, 5.41) is 8.88. The van der Waals surface area contributed by atoms with E-state index in [2.05, 4.69) is 4.99 Å². The summed E-state index contributed by atoms with van der Waals surface area (Å²) in [6.45, 7) is 0. The Labute approximate surface area is 73.9 Å². The number of nitrogens with zero attached hydrogens (tertiary/aromatic N) is 1. The van der Waals surface area contributed by atoms with Crippen LogP contribution in [0.25, 0.3) is 0 Å².